The Morgan fingerprint density at radius 2 is 1.77 bits per heavy atom. The van der Waals surface area contributed by atoms with Gasteiger partial charge >= 0.3 is 5.97 Å². The zero-order valence-electron chi connectivity index (χ0n) is 15.2. The molecule has 0 unspecified atom stereocenters. The van der Waals surface area contributed by atoms with E-state index < -0.39 is 5.97 Å². The maximum Gasteiger partial charge on any atom is 0.307 e. The first-order valence-corrected chi connectivity index (χ1v) is 9.23. The lowest BCUT2D eigenvalue weighted by molar-refractivity contribution is -0.136. The number of aliphatic imine (C=N–C) groups is 1. The second-order valence-corrected chi connectivity index (χ2v) is 6.72. The molecule has 0 saturated carbocycles. The van der Waals surface area contributed by atoms with Gasteiger partial charge < -0.3 is 9.84 Å². The van der Waals surface area contributed by atoms with Crippen LogP contribution in [-0.2, 0) is 4.79 Å². The minimum Gasteiger partial charge on any atom is -0.497 e. The maximum absolute atomic E-state index is 11.4. The van der Waals surface area contributed by atoms with Crippen molar-refractivity contribution in [3.8, 4) is 5.75 Å². The number of hydrogen-bond acceptors (Lipinski definition) is 4. The van der Waals surface area contributed by atoms with E-state index in [1.54, 1.807) is 25.9 Å². The summed E-state index contributed by atoms with van der Waals surface area (Å²) in [6.45, 7) is 1.94. The SMILES string of the molecule is CN=C(CSc1ccccc1)/C(CC(=O)O)=C(\C)c1ccc(OC)cc1. The Morgan fingerprint density at radius 1 is 1.12 bits per heavy atom. The highest BCUT2D eigenvalue weighted by molar-refractivity contribution is 8.00. The summed E-state index contributed by atoms with van der Waals surface area (Å²) in [7, 11) is 3.33. The quantitative estimate of drug-likeness (QED) is 0.536. The number of rotatable bonds is 8. The van der Waals surface area contributed by atoms with Crippen molar-refractivity contribution in [1.82, 2.24) is 0 Å². The standard InChI is InChI=1S/C21H23NO3S/c1-15(16-9-11-17(25-3)12-10-16)19(13-21(23)24)20(22-2)14-26-18-7-5-4-6-8-18/h4-12H,13-14H2,1-3H3,(H,23,24)/b19-15+,22-20?. The molecule has 26 heavy (non-hydrogen) atoms. The third kappa shape index (κ3) is 5.49. The summed E-state index contributed by atoms with van der Waals surface area (Å²) < 4.78 is 5.19. The Kier molecular flexibility index (Phi) is 7.48. The van der Waals surface area contributed by atoms with Crippen molar-refractivity contribution in [2.75, 3.05) is 19.9 Å². The van der Waals surface area contributed by atoms with Gasteiger partial charge in [-0.05, 0) is 47.9 Å². The van der Waals surface area contributed by atoms with Crippen LogP contribution in [-0.4, -0.2) is 36.7 Å². The van der Waals surface area contributed by atoms with E-state index >= 15 is 0 Å². The number of allylic oxidation sites excluding steroid dienone is 1. The molecule has 2 aromatic carbocycles. The molecule has 136 valence electrons. The molecule has 1 N–H and O–H groups in total. The van der Waals surface area contributed by atoms with E-state index in [9.17, 15) is 9.90 Å². The normalized spacial score (nSPS) is 12.5. The Bertz CT molecular complexity index is 796. The Morgan fingerprint density at radius 3 is 2.31 bits per heavy atom. The molecule has 0 aliphatic rings. The number of thioether (sulfide) groups is 1. The first-order chi connectivity index (χ1) is 12.5. The van der Waals surface area contributed by atoms with Crippen LogP contribution in [0.3, 0.4) is 0 Å². The summed E-state index contributed by atoms with van der Waals surface area (Å²) in [6, 6.07) is 17.6. The molecule has 0 aromatic heterocycles. The molecule has 5 heteroatoms. The summed E-state index contributed by atoms with van der Waals surface area (Å²) in [4.78, 5) is 16.9. The largest absolute Gasteiger partial charge is 0.497 e. The fourth-order valence-corrected chi connectivity index (χ4v) is 3.53. The van der Waals surface area contributed by atoms with E-state index in [1.165, 1.54) is 0 Å². The van der Waals surface area contributed by atoms with Gasteiger partial charge in [-0.25, -0.2) is 0 Å². The number of methoxy groups -OCH3 is 1. The van der Waals surface area contributed by atoms with Gasteiger partial charge in [-0.1, -0.05) is 30.3 Å². The van der Waals surface area contributed by atoms with Gasteiger partial charge in [0.2, 0.25) is 0 Å². The third-order valence-corrected chi connectivity index (χ3v) is 5.06. The average Bonchev–Trinajstić information content (AvgIpc) is 2.67. The molecule has 0 amide bonds. The molecule has 0 aliphatic carbocycles. The summed E-state index contributed by atoms with van der Waals surface area (Å²) >= 11 is 1.65. The lowest BCUT2D eigenvalue weighted by Crippen LogP contribution is -2.12. The van der Waals surface area contributed by atoms with Crippen molar-refractivity contribution in [3.63, 3.8) is 0 Å². The first-order valence-electron chi connectivity index (χ1n) is 8.25. The summed E-state index contributed by atoms with van der Waals surface area (Å²) in [6.07, 6.45) is -0.0557. The van der Waals surface area contributed by atoms with E-state index in [-0.39, 0.29) is 6.42 Å². The smallest absolute Gasteiger partial charge is 0.307 e. The molecule has 0 heterocycles. The minimum absolute atomic E-state index is 0.0557. The Balaban J connectivity index is 2.31. The molecule has 0 bridgehead atoms. The van der Waals surface area contributed by atoms with E-state index in [4.69, 9.17) is 4.74 Å². The van der Waals surface area contributed by atoms with Gasteiger partial charge in [-0.2, -0.15) is 0 Å². The molecule has 0 atom stereocenters. The number of benzene rings is 2. The highest BCUT2D eigenvalue weighted by Crippen LogP contribution is 2.26. The molecular weight excluding hydrogens is 346 g/mol. The topological polar surface area (TPSA) is 58.9 Å². The van der Waals surface area contributed by atoms with E-state index in [0.29, 0.717) is 5.75 Å². The van der Waals surface area contributed by atoms with Crippen molar-refractivity contribution in [2.24, 2.45) is 4.99 Å². The van der Waals surface area contributed by atoms with E-state index in [2.05, 4.69) is 4.99 Å². The fraction of sp³-hybridized carbons (Fsp3) is 0.238. The van der Waals surface area contributed by atoms with Gasteiger partial charge in [0.25, 0.3) is 0 Å². The summed E-state index contributed by atoms with van der Waals surface area (Å²) in [5, 5.41) is 9.38. The van der Waals surface area contributed by atoms with Crippen LogP contribution in [0.5, 0.6) is 5.75 Å². The molecule has 0 aliphatic heterocycles. The van der Waals surface area contributed by atoms with Gasteiger partial charge in [0.05, 0.1) is 13.5 Å². The molecular formula is C21H23NO3S. The molecule has 2 rings (SSSR count). The second kappa shape index (κ2) is 9.82. The molecule has 2 aromatic rings. The zero-order chi connectivity index (χ0) is 18.9. The predicted octanol–water partition coefficient (Wildman–Crippen LogP) is 4.81. The van der Waals surface area contributed by atoms with Gasteiger partial charge in [-0.3, -0.25) is 9.79 Å². The maximum atomic E-state index is 11.4. The lowest BCUT2D eigenvalue weighted by atomic mass is 9.96. The van der Waals surface area contributed by atoms with Crippen molar-refractivity contribution in [2.45, 2.75) is 18.2 Å². The molecule has 0 saturated heterocycles. The van der Waals surface area contributed by atoms with Gasteiger partial charge in [0, 0.05) is 23.4 Å². The van der Waals surface area contributed by atoms with Crippen LogP contribution in [0, 0.1) is 0 Å². The Labute approximate surface area is 158 Å². The molecule has 4 nitrogen and oxygen atoms in total. The van der Waals surface area contributed by atoms with Gasteiger partial charge in [0.1, 0.15) is 5.75 Å². The monoisotopic (exact) mass is 369 g/mol. The number of nitrogens with zero attached hydrogens (tertiary/aromatic N) is 1. The van der Waals surface area contributed by atoms with Crippen molar-refractivity contribution in [3.05, 3.63) is 65.7 Å². The zero-order valence-corrected chi connectivity index (χ0v) is 16.0. The number of carbonyl (C=O) groups is 1. The molecule has 0 spiro atoms. The van der Waals surface area contributed by atoms with E-state index in [0.717, 1.165) is 33.1 Å². The van der Waals surface area contributed by atoms with Crippen LogP contribution < -0.4 is 4.74 Å². The average molecular weight is 369 g/mol. The highest BCUT2D eigenvalue weighted by Gasteiger charge is 2.16. The van der Waals surface area contributed by atoms with Gasteiger partial charge in [0.15, 0.2) is 0 Å². The van der Waals surface area contributed by atoms with Gasteiger partial charge in [-0.15, -0.1) is 11.8 Å². The lowest BCUT2D eigenvalue weighted by Gasteiger charge is -2.14. The van der Waals surface area contributed by atoms with Crippen LogP contribution in [0.1, 0.15) is 18.9 Å². The van der Waals surface area contributed by atoms with Crippen molar-refractivity contribution in [1.29, 1.82) is 0 Å². The van der Waals surface area contributed by atoms with Crippen LogP contribution in [0.4, 0.5) is 0 Å². The highest BCUT2D eigenvalue weighted by atomic mass is 32.2. The van der Waals surface area contributed by atoms with E-state index in [1.807, 2.05) is 61.5 Å². The van der Waals surface area contributed by atoms with Crippen molar-refractivity contribution < 1.29 is 14.6 Å². The first kappa shape index (κ1) is 19.8. The number of ether oxygens (including phenoxy) is 1. The number of hydrogen-bond donors (Lipinski definition) is 1. The Hall–Kier alpha value is -2.53. The second-order valence-electron chi connectivity index (χ2n) is 5.67. The fourth-order valence-electron chi connectivity index (χ4n) is 2.57. The molecule has 0 fully saturated rings. The number of carboxylic acids is 1. The summed E-state index contributed by atoms with van der Waals surface area (Å²) in [5.74, 6) is 0.528. The van der Waals surface area contributed by atoms with Crippen LogP contribution >= 0.6 is 11.8 Å². The number of aliphatic carboxylic acids is 1. The van der Waals surface area contributed by atoms with Crippen molar-refractivity contribution >= 4 is 29.0 Å². The predicted molar refractivity (Wildman–Crippen MR) is 108 cm³/mol. The van der Waals surface area contributed by atoms with Crippen LogP contribution in [0.15, 0.2) is 70.1 Å². The van der Waals surface area contributed by atoms with Crippen LogP contribution in [0.25, 0.3) is 5.57 Å². The summed E-state index contributed by atoms with van der Waals surface area (Å²) in [5.41, 5.74) is 3.44. The molecule has 0 radical (unpaired) electrons. The third-order valence-electron chi connectivity index (χ3n) is 4.04. The minimum atomic E-state index is -0.862. The van der Waals surface area contributed by atoms with Crippen LogP contribution in [0.2, 0.25) is 0 Å². The number of carboxylic acid groups (broad SMARTS) is 1.